The molecule has 0 aliphatic rings. The zero-order chi connectivity index (χ0) is 20.6. The maximum atomic E-state index is 5.99. The van der Waals surface area contributed by atoms with Gasteiger partial charge < -0.3 is 0 Å². The number of hydrogen-bond acceptors (Lipinski definition) is 0. The average molecular weight is 409 g/mol. The lowest BCUT2D eigenvalue weighted by atomic mass is 9.95. The van der Waals surface area contributed by atoms with Crippen molar-refractivity contribution in [1.82, 2.24) is 0 Å². The van der Waals surface area contributed by atoms with Crippen molar-refractivity contribution in [3.05, 3.63) is 148 Å². The number of benzene rings is 4. The molecule has 0 aromatic heterocycles. The molecule has 0 bridgehead atoms. The summed E-state index contributed by atoms with van der Waals surface area (Å²) >= 11 is 5.99. The van der Waals surface area contributed by atoms with Gasteiger partial charge in [-0.05, 0) is 64.8 Å². The summed E-state index contributed by atoms with van der Waals surface area (Å²) in [6.45, 7) is 0. The molecule has 4 aromatic carbocycles. The SMILES string of the molecule is Clc1ccc(/C=C/Cc2cc(Cc3ccccc3)cc(Cc3ccccc3)c2)cc1. The summed E-state index contributed by atoms with van der Waals surface area (Å²) in [6.07, 6.45) is 7.22. The predicted molar refractivity (Wildman–Crippen MR) is 129 cm³/mol. The summed E-state index contributed by atoms with van der Waals surface area (Å²) < 4.78 is 0. The largest absolute Gasteiger partial charge is 0.0843 e. The number of halogens is 1. The van der Waals surface area contributed by atoms with Crippen LogP contribution in [0.1, 0.15) is 33.4 Å². The second kappa shape index (κ2) is 10.1. The Bertz CT molecular complexity index is 1030. The van der Waals surface area contributed by atoms with Crippen LogP contribution in [0.4, 0.5) is 0 Å². The Morgan fingerprint density at radius 2 is 1.03 bits per heavy atom. The van der Waals surface area contributed by atoms with E-state index in [1.807, 2.05) is 24.3 Å². The molecule has 0 aliphatic heterocycles. The predicted octanol–water partition coefficient (Wildman–Crippen LogP) is 7.78. The Balaban J connectivity index is 1.56. The second-order valence-corrected chi connectivity index (χ2v) is 8.08. The minimum atomic E-state index is 0.770. The highest BCUT2D eigenvalue weighted by atomic mass is 35.5. The molecule has 0 spiro atoms. The average Bonchev–Trinajstić information content (AvgIpc) is 2.76. The van der Waals surface area contributed by atoms with Crippen molar-refractivity contribution in [3.8, 4) is 0 Å². The molecule has 1 heteroatoms. The lowest BCUT2D eigenvalue weighted by Crippen LogP contribution is -1.96. The first-order valence-corrected chi connectivity index (χ1v) is 10.7. The summed E-state index contributed by atoms with van der Waals surface area (Å²) in [6, 6.07) is 36.4. The standard InChI is InChI=1S/C29H25Cl/c30-29-16-14-23(15-17-29)12-7-13-26-20-27(18-24-8-3-1-4-9-24)22-28(21-26)19-25-10-5-2-6-11-25/h1-12,14-17,20-22H,13,18-19H2/b12-7+. The molecule has 0 nitrogen and oxygen atoms in total. The monoisotopic (exact) mass is 408 g/mol. The van der Waals surface area contributed by atoms with E-state index in [4.69, 9.17) is 11.6 Å². The second-order valence-electron chi connectivity index (χ2n) is 7.64. The van der Waals surface area contributed by atoms with Crippen molar-refractivity contribution < 1.29 is 0 Å². The first-order valence-electron chi connectivity index (χ1n) is 10.4. The summed E-state index contributed by atoms with van der Waals surface area (Å²) in [7, 11) is 0. The third kappa shape index (κ3) is 5.95. The van der Waals surface area contributed by atoms with Crippen LogP contribution in [0.15, 0.2) is 109 Å². The van der Waals surface area contributed by atoms with Gasteiger partial charge in [-0.25, -0.2) is 0 Å². The van der Waals surface area contributed by atoms with Crippen LogP contribution in [-0.2, 0) is 19.3 Å². The van der Waals surface area contributed by atoms with Crippen molar-refractivity contribution in [1.29, 1.82) is 0 Å². The lowest BCUT2D eigenvalue weighted by molar-refractivity contribution is 1.11. The Morgan fingerprint density at radius 1 is 0.533 bits per heavy atom. The topological polar surface area (TPSA) is 0 Å². The molecule has 0 saturated carbocycles. The van der Waals surface area contributed by atoms with Gasteiger partial charge in [0.1, 0.15) is 0 Å². The van der Waals surface area contributed by atoms with Crippen molar-refractivity contribution >= 4 is 17.7 Å². The zero-order valence-corrected chi connectivity index (χ0v) is 17.7. The summed E-state index contributed by atoms with van der Waals surface area (Å²) in [5.74, 6) is 0. The minimum Gasteiger partial charge on any atom is -0.0843 e. The fourth-order valence-electron chi connectivity index (χ4n) is 3.73. The van der Waals surface area contributed by atoms with E-state index in [0.29, 0.717) is 0 Å². The molecule has 0 amide bonds. The summed E-state index contributed by atoms with van der Waals surface area (Å²) in [4.78, 5) is 0. The molecule has 0 atom stereocenters. The van der Waals surface area contributed by atoms with Crippen molar-refractivity contribution in [3.63, 3.8) is 0 Å². The molecule has 30 heavy (non-hydrogen) atoms. The molecule has 0 aliphatic carbocycles. The van der Waals surface area contributed by atoms with Gasteiger partial charge >= 0.3 is 0 Å². The third-order valence-corrected chi connectivity index (χ3v) is 5.40. The molecular weight excluding hydrogens is 384 g/mol. The van der Waals surface area contributed by atoms with Gasteiger partial charge in [-0.2, -0.15) is 0 Å². The molecular formula is C29H25Cl. The van der Waals surface area contributed by atoms with Crippen LogP contribution in [0.3, 0.4) is 0 Å². The Labute approximate surface area is 184 Å². The maximum absolute atomic E-state index is 5.99. The van der Waals surface area contributed by atoms with E-state index in [1.54, 1.807) is 0 Å². The highest BCUT2D eigenvalue weighted by Crippen LogP contribution is 2.19. The first kappa shape index (κ1) is 20.2. The molecule has 0 saturated heterocycles. The third-order valence-electron chi connectivity index (χ3n) is 5.15. The number of allylic oxidation sites excluding steroid dienone is 1. The van der Waals surface area contributed by atoms with Crippen LogP contribution in [0.5, 0.6) is 0 Å². The van der Waals surface area contributed by atoms with Gasteiger partial charge in [0.2, 0.25) is 0 Å². The first-order chi connectivity index (χ1) is 14.7. The number of rotatable bonds is 7. The Morgan fingerprint density at radius 3 is 1.57 bits per heavy atom. The summed E-state index contributed by atoms with van der Waals surface area (Å²) in [5.41, 5.74) is 7.94. The van der Waals surface area contributed by atoms with E-state index in [0.717, 1.165) is 24.3 Å². The Hall–Kier alpha value is -3.09. The van der Waals surface area contributed by atoms with E-state index in [2.05, 4.69) is 91.0 Å². The van der Waals surface area contributed by atoms with Gasteiger partial charge in [0, 0.05) is 5.02 Å². The fourth-order valence-corrected chi connectivity index (χ4v) is 3.86. The van der Waals surface area contributed by atoms with Crippen LogP contribution in [0.25, 0.3) is 6.08 Å². The summed E-state index contributed by atoms with van der Waals surface area (Å²) in [5, 5.41) is 0.770. The highest BCUT2D eigenvalue weighted by molar-refractivity contribution is 6.30. The quantitative estimate of drug-likeness (QED) is 0.293. The van der Waals surface area contributed by atoms with Gasteiger partial charge in [-0.1, -0.05) is 115 Å². The number of hydrogen-bond donors (Lipinski definition) is 0. The van der Waals surface area contributed by atoms with E-state index in [1.165, 1.54) is 33.4 Å². The molecule has 0 N–H and O–H groups in total. The van der Waals surface area contributed by atoms with Gasteiger partial charge in [0.15, 0.2) is 0 Å². The molecule has 4 rings (SSSR count). The van der Waals surface area contributed by atoms with Gasteiger partial charge in [-0.3, -0.25) is 0 Å². The van der Waals surface area contributed by atoms with Crippen LogP contribution in [-0.4, -0.2) is 0 Å². The van der Waals surface area contributed by atoms with E-state index in [9.17, 15) is 0 Å². The lowest BCUT2D eigenvalue weighted by Gasteiger charge is -2.10. The van der Waals surface area contributed by atoms with Gasteiger partial charge in [-0.15, -0.1) is 0 Å². The highest BCUT2D eigenvalue weighted by Gasteiger charge is 2.04. The molecule has 0 radical (unpaired) electrons. The van der Waals surface area contributed by atoms with Crippen molar-refractivity contribution in [2.45, 2.75) is 19.3 Å². The van der Waals surface area contributed by atoms with E-state index >= 15 is 0 Å². The van der Waals surface area contributed by atoms with E-state index in [-0.39, 0.29) is 0 Å². The Kier molecular flexibility index (Phi) is 6.79. The van der Waals surface area contributed by atoms with Gasteiger partial charge in [0.05, 0.1) is 0 Å². The van der Waals surface area contributed by atoms with Crippen LogP contribution in [0.2, 0.25) is 5.02 Å². The van der Waals surface area contributed by atoms with Crippen molar-refractivity contribution in [2.75, 3.05) is 0 Å². The molecule has 0 fully saturated rings. The molecule has 148 valence electrons. The minimum absolute atomic E-state index is 0.770. The molecule has 0 unspecified atom stereocenters. The van der Waals surface area contributed by atoms with Crippen LogP contribution in [0, 0.1) is 0 Å². The molecule has 4 aromatic rings. The van der Waals surface area contributed by atoms with Crippen LogP contribution < -0.4 is 0 Å². The normalized spacial score (nSPS) is 11.1. The zero-order valence-electron chi connectivity index (χ0n) is 17.0. The molecule has 0 heterocycles. The fraction of sp³-hybridized carbons (Fsp3) is 0.103. The maximum Gasteiger partial charge on any atom is 0.0406 e. The van der Waals surface area contributed by atoms with Gasteiger partial charge in [0.25, 0.3) is 0 Å². The van der Waals surface area contributed by atoms with E-state index < -0.39 is 0 Å². The van der Waals surface area contributed by atoms with Crippen molar-refractivity contribution in [2.24, 2.45) is 0 Å². The smallest absolute Gasteiger partial charge is 0.0406 e. The van der Waals surface area contributed by atoms with Crippen LogP contribution >= 0.6 is 11.6 Å².